The highest BCUT2D eigenvalue weighted by Gasteiger charge is 2.29. The molecule has 0 aromatic rings. The number of nitrogens with one attached hydrogen (secondary N) is 2. The second kappa shape index (κ2) is 6.21. The summed E-state index contributed by atoms with van der Waals surface area (Å²) in [6.07, 6.45) is 3.15. The summed E-state index contributed by atoms with van der Waals surface area (Å²) in [5.41, 5.74) is -0.418. The van der Waals surface area contributed by atoms with Gasteiger partial charge in [0, 0.05) is 24.4 Å². The van der Waals surface area contributed by atoms with Crippen molar-refractivity contribution in [1.29, 1.82) is 0 Å². The molecule has 0 radical (unpaired) electrons. The second-order valence-electron chi connectivity index (χ2n) is 6.23. The Balaban J connectivity index is 2.24. The van der Waals surface area contributed by atoms with E-state index in [-0.39, 0.29) is 17.7 Å². The van der Waals surface area contributed by atoms with Gasteiger partial charge < -0.3 is 10.6 Å². The Morgan fingerprint density at radius 1 is 1.22 bits per heavy atom. The van der Waals surface area contributed by atoms with Gasteiger partial charge >= 0.3 is 0 Å². The Kier molecular flexibility index (Phi) is 5.17. The van der Waals surface area contributed by atoms with Crippen LogP contribution in [0.5, 0.6) is 0 Å². The van der Waals surface area contributed by atoms with Crippen LogP contribution in [0.3, 0.4) is 0 Å². The van der Waals surface area contributed by atoms with Crippen molar-refractivity contribution in [1.82, 2.24) is 10.6 Å². The average molecular weight is 254 g/mol. The molecule has 1 aliphatic rings. The lowest BCUT2D eigenvalue weighted by atomic mass is 9.88. The van der Waals surface area contributed by atoms with Gasteiger partial charge in [0.2, 0.25) is 11.8 Å². The van der Waals surface area contributed by atoms with Crippen molar-refractivity contribution < 1.29 is 9.59 Å². The lowest BCUT2D eigenvalue weighted by Gasteiger charge is -2.24. The highest BCUT2D eigenvalue weighted by Crippen LogP contribution is 2.28. The summed E-state index contributed by atoms with van der Waals surface area (Å²) < 4.78 is 0. The molecule has 0 heterocycles. The van der Waals surface area contributed by atoms with Gasteiger partial charge in [-0.1, -0.05) is 27.7 Å². The van der Waals surface area contributed by atoms with Crippen molar-refractivity contribution in [3.8, 4) is 0 Å². The second-order valence-corrected chi connectivity index (χ2v) is 6.23. The van der Waals surface area contributed by atoms with Gasteiger partial charge in [-0.15, -0.1) is 0 Å². The maximum absolute atomic E-state index is 12.0. The number of carbonyl (C=O) groups is 2. The molecule has 4 nitrogen and oxygen atoms in total. The predicted molar refractivity (Wildman–Crippen MR) is 72.0 cm³/mol. The summed E-state index contributed by atoms with van der Waals surface area (Å²) in [5.74, 6) is 0.833. The zero-order valence-electron chi connectivity index (χ0n) is 12.0. The van der Waals surface area contributed by atoms with Crippen molar-refractivity contribution in [2.75, 3.05) is 13.1 Å². The number of hydrogen-bond acceptors (Lipinski definition) is 2. The van der Waals surface area contributed by atoms with E-state index in [0.29, 0.717) is 18.9 Å². The van der Waals surface area contributed by atoms with Crippen LogP contribution >= 0.6 is 0 Å². The van der Waals surface area contributed by atoms with E-state index in [2.05, 4.69) is 10.6 Å². The standard InChI is InChI=1S/C14H26N2O2/c1-10(2)12(17)15-8-7-14(3,4)13(18)16-9-11-5-6-11/h10-11H,5-9H2,1-4H3,(H,15,17)(H,16,18). The molecule has 1 aliphatic carbocycles. The minimum absolute atomic E-state index is 0.00296. The van der Waals surface area contributed by atoms with Gasteiger partial charge in [0.05, 0.1) is 0 Å². The first-order chi connectivity index (χ1) is 8.33. The lowest BCUT2D eigenvalue weighted by Crippen LogP contribution is -2.40. The predicted octanol–water partition coefficient (Wildman–Crippen LogP) is 1.70. The first kappa shape index (κ1) is 15.0. The molecule has 0 saturated heterocycles. The fourth-order valence-corrected chi connectivity index (χ4v) is 1.61. The third kappa shape index (κ3) is 5.07. The summed E-state index contributed by atoms with van der Waals surface area (Å²) in [4.78, 5) is 23.4. The molecule has 0 aromatic carbocycles. The third-order valence-corrected chi connectivity index (χ3v) is 3.44. The molecule has 0 aromatic heterocycles. The number of amides is 2. The monoisotopic (exact) mass is 254 g/mol. The Morgan fingerprint density at radius 2 is 1.83 bits per heavy atom. The van der Waals surface area contributed by atoms with E-state index in [4.69, 9.17) is 0 Å². The van der Waals surface area contributed by atoms with Gasteiger partial charge in [0.25, 0.3) is 0 Å². The summed E-state index contributed by atoms with van der Waals surface area (Å²) in [7, 11) is 0. The van der Waals surface area contributed by atoms with Crippen molar-refractivity contribution >= 4 is 11.8 Å². The van der Waals surface area contributed by atoms with Crippen LogP contribution in [-0.4, -0.2) is 24.9 Å². The molecule has 2 amide bonds. The molecule has 0 bridgehead atoms. The van der Waals surface area contributed by atoms with E-state index in [1.54, 1.807) is 0 Å². The molecular formula is C14H26N2O2. The summed E-state index contributed by atoms with van der Waals surface area (Å²) >= 11 is 0. The van der Waals surface area contributed by atoms with Crippen LogP contribution < -0.4 is 10.6 Å². The number of hydrogen-bond donors (Lipinski definition) is 2. The molecule has 1 saturated carbocycles. The summed E-state index contributed by atoms with van der Waals surface area (Å²) in [6.45, 7) is 8.95. The van der Waals surface area contributed by atoms with Gasteiger partial charge in [0.1, 0.15) is 0 Å². The van der Waals surface area contributed by atoms with Crippen molar-refractivity contribution in [3.05, 3.63) is 0 Å². The molecule has 4 heteroatoms. The summed E-state index contributed by atoms with van der Waals surface area (Å²) in [5, 5.41) is 5.85. The van der Waals surface area contributed by atoms with Gasteiger partial charge in [-0.3, -0.25) is 9.59 Å². The van der Waals surface area contributed by atoms with Crippen LogP contribution in [-0.2, 0) is 9.59 Å². The first-order valence-electron chi connectivity index (χ1n) is 6.89. The van der Waals surface area contributed by atoms with E-state index in [0.717, 1.165) is 6.54 Å². The lowest BCUT2D eigenvalue weighted by molar-refractivity contribution is -0.130. The normalized spacial score (nSPS) is 15.6. The van der Waals surface area contributed by atoms with Crippen LogP contribution in [0.25, 0.3) is 0 Å². The van der Waals surface area contributed by atoms with Crippen LogP contribution in [0.2, 0.25) is 0 Å². The molecule has 104 valence electrons. The van der Waals surface area contributed by atoms with Gasteiger partial charge in [0.15, 0.2) is 0 Å². The van der Waals surface area contributed by atoms with Crippen LogP contribution in [0.4, 0.5) is 0 Å². The van der Waals surface area contributed by atoms with E-state index in [1.807, 2.05) is 27.7 Å². The van der Waals surface area contributed by atoms with Crippen LogP contribution in [0.1, 0.15) is 47.0 Å². The average Bonchev–Trinajstić information content (AvgIpc) is 3.08. The highest BCUT2D eigenvalue weighted by molar-refractivity contribution is 5.82. The van der Waals surface area contributed by atoms with Gasteiger partial charge in [-0.2, -0.15) is 0 Å². The van der Waals surface area contributed by atoms with Crippen molar-refractivity contribution in [3.63, 3.8) is 0 Å². The molecular weight excluding hydrogens is 228 g/mol. The summed E-state index contributed by atoms with van der Waals surface area (Å²) in [6, 6.07) is 0. The van der Waals surface area contributed by atoms with E-state index >= 15 is 0 Å². The quantitative estimate of drug-likeness (QED) is 0.726. The van der Waals surface area contributed by atoms with Crippen molar-refractivity contribution in [2.24, 2.45) is 17.3 Å². The Morgan fingerprint density at radius 3 is 2.33 bits per heavy atom. The maximum Gasteiger partial charge on any atom is 0.225 e. The molecule has 0 unspecified atom stereocenters. The molecule has 0 aliphatic heterocycles. The smallest absolute Gasteiger partial charge is 0.225 e. The van der Waals surface area contributed by atoms with E-state index in [9.17, 15) is 9.59 Å². The minimum atomic E-state index is -0.418. The number of rotatable bonds is 7. The Labute approximate surface area is 110 Å². The molecule has 1 rings (SSSR count). The molecule has 0 spiro atoms. The molecule has 18 heavy (non-hydrogen) atoms. The number of carbonyl (C=O) groups excluding carboxylic acids is 2. The molecule has 0 atom stereocenters. The topological polar surface area (TPSA) is 58.2 Å². The van der Waals surface area contributed by atoms with Gasteiger partial charge in [-0.05, 0) is 25.2 Å². The van der Waals surface area contributed by atoms with Crippen LogP contribution in [0, 0.1) is 17.3 Å². The van der Waals surface area contributed by atoms with Crippen molar-refractivity contribution in [2.45, 2.75) is 47.0 Å². The molecule has 1 fully saturated rings. The Bertz CT molecular complexity index is 307. The largest absolute Gasteiger partial charge is 0.356 e. The fourth-order valence-electron chi connectivity index (χ4n) is 1.61. The third-order valence-electron chi connectivity index (χ3n) is 3.44. The zero-order chi connectivity index (χ0) is 13.8. The molecule has 2 N–H and O–H groups in total. The van der Waals surface area contributed by atoms with E-state index in [1.165, 1.54) is 12.8 Å². The van der Waals surface area contributed by atoms with E-state index < -0.39 is 5.41 Å². The first-order valence-corrected chi connectivity index (χ1v) is 6.89. The SMILES string of the molecule is CC(C)C(=O)NCCC(C)(C)C(=O)NCC1CC1. The van der Waals surface area contributed by atoms with Crippen LogP contribution in [0.15, 0.2) is 0 Å². The zero-order valence-corrected chi connectivity index (χ0v) is 12.0. The fraction of sp³-hybridized carbons (Fsp3) is 0.857. The minimum Gasteiger partial charge on any atom is -0.356 e. The van der Waals surface area contributed by atoms with Gasteiger partial charge in [-0.25, -0.2) is 0 Å². The Hall–Kier alpha value is -1.06. The highest BCUT2D eigenvalue weighted by atomic mass is 16.2. The maximum atomic E-state index is 12.0.